The first-order chi connectivity index (χ1) is 12.8. The smallest absolute Gasteiger partial charge is 0.168 e. The first-order valence-corrected chi connectivity index (χ1v) is 8.57. The molecule has 0 unspecified atom stereocenters. The maximum atomic E-state index is 10.5. The van der Waals surface area contributed by atoms with Crippen LogP contribution in [-0.2, 0) is 4.74 Å². The van der Waals surface area contributed by atoms with Crippen LogP contribution in [-0.4, -0.2) is 49.6 Å². The molecule has 1 fully saturated rings. The lowest BCUT2D eigenvalue weighted by molar-refractivity contribution is 0.111. The van der Waals surface area contributed by atoms with Crippen molar-refractivity contribution in [3.05, 3.63) is 60.6 Å². The molecular weight excluding hydrogens is 328 g/mol. The summed E-state index contributed by atoms with van der Waals surface area (Å²) < 4.78 is 5.25. The first-order valence-electron chi connectivity index (χ1n) is 8.57. The van der Waals surface area contributed by atoms with E-state index in [1.165, 1.54) is 5.39 Å². The van der Waals surface area contributed by atoms with Crippen LogP contribution in [0, 0.1) is 0 Å². The average molecular weight is 350 g/mol. The van der Waals surface area contributed by atoms with Gasteiger partial charge in [-0.25, -0.2) is 0 Å². The Kier molecular flexibility index (Phi) is 6.11. The number of hydrogen-bond donors (Lipinski definition) is 1. The number of ether oxygens (including phenoxy) is 1. The number of rotatable bonds is 3. The third kappa shape index (κ3) is 4.34. The lowest BCUT2D eigenvalue weighted by Crippen LogP contribution is -2.36. The van der Waals surface area contributed by atoms with Crippen LogP contribution in [0.2, 0.25) is 0 Å². The van der Waals surface area contributed by atoms with Gasteiger partial charge in [0.15, 0.2) is 6.29 Å². The molecule has 0 radical (unpaired) electrons. The van der Waals surface area contributed by atoms with E-state index in [0.29, 0.717) is 5.69 Å². The highest BCUT2D eigenvalue weighted by Crippen LogP contribution is 2.19. The van der Waals surface area contributed by atoms with Crippen LogP contribution in [0.4, 0.5) is 11.4 Å². The van der Waals surface area contributed by atoms with Gasteiger partial charge in [-0.1, -0.05) is 18.2 Å². The number of hydrogen-bond acceptors (Lipinski definition) is 6. The molecule has 26 heavy (non-hydrogen) atoms. The second-order valence-corrected chi connectivity index (χ2v) is 5.79. The molecule has 3 aromatic rings. The largest absolute Gasteiger partial charge is 0.386 e. The normalized spacial score (nSPS) is 13.7. The zero-order valence-electron chi connectivity index (χ0n) is 14.8. The number of nitrogens with zero attached hydrogens (tertiary/aromatic N) is 3. The Labute approximate surface area is 152 Å². The molecule has 1 aromatic carbocycles. The Hall–Kier alpha value is -2.99. The van der Waals surface area contributed by atoms with E-state index in [1.54, 1.807) is 12.3 Å². The number of carbonyl (C=O) groups excluding carboxylic acids is 1. The van der Waals surface area contributed by atoms with E-state index < -0.39 is 0 Å². The molecule has 0 saturated carbocycles. The van der Waals surface area contributed by atoms with E-state index in [4.69, 9.17) is 4.74 Å². The Bertz CT molecular complexity index is 858. The van der Waals surface area contributed by atoms with Crippen molar-refractivity contribution in [1.29, 1.82) is 0 Å². The molecule has 134 valence electrons. The molecule has 3 heterocycles. The number of nitrogens with one attached hydrogen (secondary N) is 1. The highest BCUT2D eigenvalue weighted by Gasteiger charge is 2.11. The minimum atomic E-state index is 0.481. The van der Waals surface area contributed by atoms with Crippen molar-refractivity contribution >= 4 is 28.6 Å². The van der Waals surface area contributed by atoms with E-state index in [0.717, 1.165) is 49.5 Å². The number of benzene rings is 1. The van der Waals surface area contributed by atoms with Gasteiger partial charge in [-0.3, -0.25) is 14.8 Å². The van der Waals surface area contributed by atoms with Crippen molar-refractivity contribution in [3.8, 4) is 0 Å². The average Bonchev–Trinajstić information content (AvgIpc) is 2.74. The molecule has 0 aliphatic carbocycles. The SMILES string of the molecule is CNc1cccc2cccnc12.O=Cc1cc(N2CCOCC2)ccn1. The maximum Gasteiger partial charge on any atom is 0.168 e. The van der Waals surface area contributed by atoms with Gasteiger partial charge < -0.3 is 15.0 Å². The van der Waals surface area contributed by atoms with Crippen LogP contribution in [0.5, 0.6) is 0 Å². The van der Waals surface area contributed by atoms with Gasteiger partial charge in [0.25, 0.3) is 0 Å². The number of pyridine rings is 2. The Morgan fingerprint density at radius 3 is 2.65 bits per heavy atom. The molecule has 6 heteroatoms. The van der Waals surface area contributed by atoms with Crippen LogP contribution >= 0.6 is 0 Å². The van der Waals surface area contributed by atoms with Gasteiger partial charge in [0.2, 0.25) is 0 Å². The number of aldehydes is 1. The monoisotopic (exact) mass is 350 g/mol. The van der Waals surface area contributed by atoms with E-state index in [9.17, 15) is 4.79 Å². The lowest BCUT2D eigenvalue weighted by atomic mass is 10.2. The van der Waals surface area contributed by atoms with Crippen LogP contribution in [0.15, 0.2) is 54.9 Å². The number of fused-ring (bicyclic) bond motifs is 1. The van der Waals surface area contributed by atoms with Crippen molar-refractivity contribution in [1.82, 2.24) is 9.97 Å². The van der Waals surface area contributed by atoms with E-state index in [-0.39, 0.29) is 0 Å². The molecule has 6 nitrogen and oxygen atoms in total. The Morgan fingerprint density at radius 1 is 1.08 bits per heavy atom. The summed E-state index contributed by atoms with van der Waals surface area (Å²) in [6, 6.07) is 13.8. The zero-order chi connectivity index (χ0) is 18.2. The van der Waals surface area contributed by atoms with Crippen molar-refractivity contribution in [2.24, 2.45) is 0 Å². The summed E-state index contributed by atoms with van der Waals surface area (Å²) >= 11 is 0. The topological polar surface area (TPSA) is 67.4 Å². The third-order valence-corrected chi connectivity index (χ3v) is 4.16. The predicted molar refractivity (Wildman–Crippen MR) is 104 cm³/mol. The standard InChI is InChI=1S/C10H12N2O2.C10H10N2/c13-8-9-7-10(1-2-11-9)12-3-5-14-6-4-12;1-11-9-6-2-4-8-5-3-7-12-10(8)9/h1-2,7-8H,3-6H2;2-7,11H,1H3. The van der Waals surface area contributed by atoms with Gasteiger partial charge >= 0.3 is 0 Å². The zero-order valence-corrected chi connectivity index (χ0v) is 14.8. The summed E-state index contributed by atoms with van der Waals surface area (Å²) in [4.78, 5) is 20.9. The summed E-state index contributed by atoms with van der Waals surface area (Å²) in [5.74, 6) is 0. The van der Waals surface area contributed by atoms with Gasteiger partial charge in [-0.05, 0) is 24.3 Å². The number of carbonyl (C=O) groups is 1. The van der Waals surface area contributed by atoms with Crippen LogP contribution < -0.4 is 10.2 Å². The first kappa shape index (κ1) is 17.8. The van der Waals surface area contributed by atoms with Crippen molar-refractivity contribution in [2.75, 3.05) is 43.6 Å². The Morgan fingerprint density at radius 2 is 1.88 bits per heavy atom. The maximum absolute atomic E-state index is 10.5. The van der Waals surface area contributed by atoms with Crippen molar-refractivity contribution in [3.63, 3.8) is 0 Å². The van der Waals surface area contributed by atoms with Crippen LogP contribution in [0.25, 0.3) is 10.9 Å². The fourth-order valence-corrected chi connectivity index (χ4v) is 2.83. The number of aromatic nitrogens is 2. The molecule has 0 amide bonds. The molecule has 1 N–H and O–H groups in total. The molecule has 2 aromatic heterocycles. The van der Waals surface area contributed by atoms with E-state index in [1.807, 2.05) is 37.5 Å². The van der Waals surface area contributed by atoms with Crippen molar-refractivity contribution in [2.45, 2.75) is 0 Å². The van der Waals surface area contributed by atoms with Crippen molar-refractivity contribution < 1.29 is 9.53 Å². The molecule has 4 rings (SSSR count). The molecule has 0 spiro atoms. The second kappa shape index (κ2) is 8.92. The lowest BCUT2D eigenvalue weighted by Gasteiger charge is -2.28. The summed E-state index contributed by atoms with van der Waals surface area (Å²) in [6.07, 6.45) is 4.24. The predicted octanol–water partition coefficient (Wildman–Crippen LogP) is 3.01. The number of para-hydroxylation sites is 1. The Balaban J connectivity index is 0.000000152. The van der Waals surface area contributed by atoms with Crippen LogP contribution in [0.1, 0.15) is 10.5 Å². The molecule has 0 atom stereocenters. The highest BCUT2D eigenvalue weighted by atomic mass is 16.5. The van der Waals surface area contributed by atoms with Gasteiger partial charge in [0.1, 0.15) is 5.69 Å². The van der Waals surface area contributed by atoms with Gasteiger partial charge in [-0.2, -0.15) is 0 Å². The van der Waals surface area contributed by atoms with E-state index >= 15 is 0 Å². The van der Waals surface area contributed by atoms with Gasteiger partial charge in [0.05, 0.1) is 24.4 Å². The second-order valence-electron chi connectivity index (χ2n) is 5.79. The number of anilines is 2. The molecule has 0 bridgehead atoms. The van der Waals surface area contributed by atoms with Gasteiger partial charge in [-0.15, -0.1) is 0 Å². The molecule has 1 aliphatic rings. The minimum Gasteiger partial charge on any atom is -0.386 e. The molecule has 1 aliphatic heterocycles. The molecular formula is C20H22N4O2. The summed E-state index contributed by atoms with van der Waals surface area (Å²) in [5.41, 5.74) is 3.63. The fraction of sp³-hybridized carbons (Fsp3) is 0.250. The fourth-order valence-electron chi connectivity index (χ4n) is 2.83. The summed E-state index contributed by atoms with van der Waals surface area (Å²) in [5, 5.41) is 4.28. The third-order valence-electron chi connectivity index (χ3n) is 4.16. The quantitative estimate of drug-likeness (QED) is 0.733. The van der Waals surface area contributed by atoms with Gasteiger partial charge in [0, 0.05) is 43.6 Å². The number of morpholine rings is 1. The van der Waals surface area contributed by atoms with E-state index in [2.05, 4.69) is 32.3 Å². The molecule has 1 saturated heterocycles. The highest BCUT2D eigenvalue weighted by molar-refractivity contribution is 5.89. The van der Waals surface area contributed by atoms with Crippen LogP contribution in [0.3, 0.4) is 0 Å². The minimum absolute atomic E-state index is 0.481. The summed E-state index contributed by atoms with van der Waals surface area (Å²) in [7, 11) is 1.91. The summed E-state index contributed by atoms with van der Waals surface area (Å²) in [6.45, 7) is 3.25.